The smallest absolute Gasteiger partial charge is 0.374 e. The third-order valence-corrected chi connectivity index (χ3v) is 2.49. The van der Waals surface area contributed by atoms with Crippen LogP contribution in [0.15, 0.2) is 29.1 Å². The van der Waals surface area contributed by atoms with Gasteiger partial charge in [-0.2, -0.15) is 4.68 Å². The van der Waals surface area contributed by atoms with Gasteiger partial charge in [-0.25, -0.2) is 9.59 Å². The van der Waals surface area contributed by atoms with E-state index in [1.807, 2.05) is 0 Å². The van der Waals surface area contributed by atoms with Crippen LogP contribution < -0.4 is 10.4 Å². The number of nitrogens with zero attached hydrogens (tertiary/aromatic N) is 3. The zero-order valence-electron chi connectivity index (χ0n) is 9.82. The molecule has 18 heavy (non-hydrogen) atoms. The van der Waals surface area contributed by atoms with E-state index in [-0.39, 0.29) is 5.82 Å². The van der Waals surface area contributed by atoms with E-state index in [0.29, 0.717) is 11.4 Å². The number of para-hydroxylation sites is 2. The molecule has 0 saturated carbocycles. The Balaban J connectivity index is 2.69. The number of rotatable bonds is 3. The molecule has 0 unspecified atom stereocenters. The summed E-state index contributed by atoms with van der Waals surface area (Å²) in [6, 6.07) is 6.74. The van der Waals surface area contributed by atoms with Crippen LogP contribution in [0.3, 0.4) is 0 Å². The summed E-state index contributed by atoms with van der Waals surface area (Å²) in [5, 5.41) is 12.7. The lowest BCUT2D eigenvalue weighted by Gasteiger charge is -2.05. The lowest BCUT2D eigenvalue weighted by molar-refractivity contribution is 0.0678. The highest BCUT2D eigenvalue weighted by atomic mass is 16.5. The van der Waals surface area contributed by atoms with Crippen molar-refractivity contribution in [3.8, 4) is 11.4 Å². The van der Waals surface area contributed by atoms with Crippen LogP contribution in [0.4, 0.5) is 0 Å². The average molecular weight is 249 g/mol. The average Bonchev–Trinajstić information content (AvgIpc) is 2.66. The predicted molar refractivity (Wildman–Crippen MR) is 62.3 cm³/mol. The van der Waals surface area contributed by atoms with Gasteiger partial charge in [0.1, 0.15) is 11.4 Å². The fourth-order valence-electron chi connectivity index (χ4n) is 1.59. The van der Waals surface area contributed by atoms with Crippen molar-refractivity contribution < 1.29 is 14.6 Å². The number of aromatic carboxylic acids is 1. The molecule has 1 N–H and O–H groups in total. The molecular weight excluding hydrogens is 238 g/mol. The Morgan fingerprint density at radius 2 is 2.06 bits per heavy atom. The molecule has 2 aromatic rings. The van der Waals surface area contributed by atoms with E-state index in [1.54, 1.807) is 24.3 Å². The summed E-state index contributed by atoms with van der Waals surface area (Å²) in [6.07, 6.45) is 0. The van der Waals surface area contributed by atoms with Gasteiger partial charge in [0, 0.05) is 7.05 Å². The summed E-state index contributed by atoms with van der Waals surface area (Å²) in [4.78, 5) is 22.8. The second-order valence-corrected chi connectivity index (χ2v) is 3.55. The summed E-state index contributed by atoms with van der Waals surface area (Å²) in [7, 11) is 2.82. The summed E-state index contributed by atoms with van der Waals surface area (Å²) in [5.74, 6) is -1.15. The highest BCUT2D eigenvalue weighted by Crippen LogP contribution is 2.19. The van der Waals surface area contributed by atoms with E-state index in [9.17, 15) is 9.59 Å². The van der Waals surface area contributed by atoms with Crippen LogP contribution in [0.2, 0.25) is 0 Å². The molecule has 2 rings (SSSR count). The first kappa shape index (κ1) is 11.9. The van der Waals surface area contributed by atoms with E-state index in [4.69, 9.17) is 9.84 Å². The van der Waals surface area contributed by atoms with Crippen LogP contribution in [0.1, 0.15) is 10.6 Å². The van der Waals surface area contributed by atoms with Gasteiger partial charge < -0.3 is 9.84 Å². The Kier molecular flexibility index (Phi) is 2.88. The van der Waals surface area contributed by atoms with Gasteiger partial charge in [-0.1, -0.05) is 12.1 Å². The molecule has 1 heterocycles. The SMILES string of the molecule is COc1ccccc1-n1nc(C(=O)O)n(C)c1=O. The zero-order chi connectivity index (χ0) is 13.3. The Labute approximate surface area is 102 Å². The summed E-state index contributed by atoms with van der Waals surface area (Å²) in [6.45, 7) is 0. The van der Waals surface area contributed by atoms with Crippen LogP contribution in [0, 0.1) is 0 Å². The highest BCUT2D eigenvalue weighted by Gasteiger charge is 2.18. The molecule has 0 aliphatic carbocycles. The monoisotopic (exact) mass is 249 g/mol. The van der Waals surface area contributed by atoms with Crippen LogP contribution in [-0.2, 0) is 7.05 Å². The maximum Gasteiger partial charge on any atom is 0.374 e. The normalized spacial score (nSPS) is 10.3. The van der Waals surface area contributed by atoms with Gasteiger partial charge in [-0.3, -0.25) is 4.57 Å². The number of carboxylic acids is 1. The van der Waals surface area contributed by atoms with Gasteiger partial charge in [0.25, 0.3) is 0 Å². The third kappa shape index (κ3) is 1.75. The predicted octanol–water partition coefficient (Wildman–Crippen LogP) is 0.278. The summed E-state index contributed by atoms with van der Waals surface area (Å²) < 4.78 is 7.08. The summed E-state index contributed by atoms with van der Waals surface area (Å²) in [5.41, 5.74) is -0.148. The van der Waals surface area contributed by atoms with Crippen molar-refractivity contribution in [2.45, 2.75) is 0 Å². The minimum Gasteiger partial charge on any atom is -0.494 e. The van der Waals surface area contributed by atoms with Crippen LogP contribution in [0.5, 0.6) is 5.75 Å². The zero-order valence-corrected chi connectivity index (χ0v) is 9.82. The van der Waals surface area contributed by atoms with Gasteiger partial charge in [0.2, 0.25) is 5.82 Å². The lowest BCUT2D eigenvalue weighted by Crippen LogP contribution is -2.22. The molecule has 1 aromatic carbocycles. The Hall–Kier alpha value is -2.57. The van der Waals surface area contributed by atoms with Crippen LogP contribution >= 0.6 is 0 Å². The number of ether oxygens (including phenoxy) is 1. The van der Waals surface area contributed by atoms with Gasteiger partial charge >= 0.3 is 11.7 Å². The van der Waals surface area contributed by atoms with Crippen LogP contribution in [0.25, 0.3) is 5.69 Å². The van der Waals surface area contributed by atoms with E-state index in [2.05, 4.69) is 5.10 Å². The van der Waals surface area contributed by atoms with Crippen molar-refractivity contribution in [3.63, 3.8) is 0 Å². The molecule has 1 aromatic heterocycles. The fraction of sp³-hybridized carbons (Fsp3) is 0.182. The second-order valence-electron chi connectivity index (χ2n) is 3.55. The number of benzene rings is 1. The Morgan fingerprint density at radius 3 is 2.61 bits per heavy atom. The number of methoxy groups -OCH3 is 1. The molecule has 0 aliphatic rings. The molecule has 0 spiro atoms. The molecule has 0 radical (unpaired) electrons. The quantitative estimate of drug-likeness (QED) is 0.844. The first-order chi connectivity index (χ1) is 8.56. The third-order valence-electron chi connectivity index (χ3n) is 2.49. The van der Waals surface area contributed by atoms with E-state index < -0.39 is 11.7 Å². The number of carboxylic acid groups (broad SMARTS) is 1. The Bertz CT molecular complexity index is 657. The van der Waals surface area contributed by atoms with Gasteiger partial charge in [-0.05, 0) is 12.1 Å². The van der Waals surface area contributed by atoms with Gasteiger partial charge in [0.05, 0.1) is 7.11 Å². The fourth-order valence-corrected chi connectivity index (χ4v) is 1.59. The number of aromatic nitrogens is 3. The second kappa shape index (κ2) is 4.36. The molecule has 0 saturated heterocycles. The molecule has 0 atom stereocenters. The standard InChI is InChI=1S/C11H11N3O4/c1-13-9(10(15)16)12-14(11(13)17)7-5-3-4-6-8(7)18-2/h3-6H,1-2H3,(H,15,16). The van der Waals surface area contributed by atoms with Crippen molar-refractivity contribution >= 4 is 5.97 Å². The van der Waals surface area contributed by atoms with Crippen molar-refractivity contribution in [3.05, 3.63) is 40.6 Å². The first-order valence-electron chi connectivity index (χ1n) is 5.09. The van der Waals surface area contributed by atoms with Crippen molar-refractivity contribution in [1.82, 2.24) is 14.3 Å². The number of hydrogen-bond acceptors (Lipinski definition) is 4. The van der Waals surface area contributed by atoms with Gasteiger partial charge in [-0.15, -0.1) is 5.10 Å². The molecule has 0 amide bonds. The maximum atomic E-state index is 11.9. The lowest BCUT2D eigenvalue weighted by atomic mass is 10.3. The number of hydrogen-bond donors (Lipinski definition) is 1. The van der Waals surface area contributed by atoms with E-state index >= 15 is 0 Å². The topological polar surface area (TPSA) is 86.3 Å². The molecule has 0 bridgehead atoms. The molecular formula is C11H11N3O4. The largest absolute Gasteiger partial charge is 0.494 e. The highest BCUT2D eigenvalue weighted by molar-refractivity contribution is 5.83. The first-order valence-corrected chi connectivity index (χ1v) is 5.09. The molecule has 7 nitrogen and oxygen atoms in total. The van der Waals surface area contributed by atoms with Crippen LogP contribution in [-0.4, -0.2) is 32.5 Å². The van der Waals surface area contributed by atoms with Crippen molar-refractivity contribution in [1.29, 1.82) is 0 Å². The molecule has 0 fully saturated rings. The molecule has 94 valence electrons. The molecule has 0 aliphatic heterocycles. The summed E-state index contributed by atoms with van der Waals surface area (Å²) >= 11 is 0. The van der Waals surface area contributed by atoms with Gasteiger partial charge in [0.15, 0.2) is 0 Å². The Morgan fingerprint density at radius 1 is 1.39 bits per heavy atom. The van der Waals surface area contributed by atoms with E-state index in [0.717, 1.165) is 9.25 Å². The maximum absolute atomic E-state index is 11.9. The molecule has 7 heteroatoms. The minimum atomic E-state index is -1.26. The van der Waals surface area contributed by atoms with E-state index in [1.165, 1.54) is 14.2 Å². The minimum absolute atomic E-state index is 0.328. The number of carbonyl (C=O) groups is 1. The van der Waals surface area contributed by atoms with Crippen molar-refractivity contribution in [2.75, 3.05) is 7.11 Å². The van der Waals surface area contributed by atoms with Crippen molar-refractivity contribution in [2.24, 2.45) is 7.05 Å².